The Kier molecular flexibility index (Phi) is 16.9. The van der Waals surface area contributed by atoms with Crippen molar-refractivity contribution in [3.63, 3.8) is 0 Å². The molecule has 2 aromatic heterocycles. The Labute approximate surface area is 400 Å². The number of ether oxygens (including phenoxy) is 3. The number of nitrogens with one attached hydrogen (secondary N) is 6. The Morgan fingerprint density at radius 3 is 2.37 bits per heavy atom. The van der Waals surface area contributed by atoms with Crippen molar-refractivity contribution in [3.05, 3.63) is 87.2 Å². The number of benzene rings is 2. The lowest BCUT2D eigenvalue weighted by Crippen LogP contribution is -2.54. The maximum atomic E-state index is 14.2. The lowest BCUT2D eigenvalue weighted by molar-refractivity contribution is -0.183. The summed E-state index contributed by atoms with van der Waals surface area (Å²) >= 11 is 3.09. The topological polar surface area (TPSA) is 280 Å². The van der Waals surface area contributed by atoms with Gasteiger partial charge in [-0.15, -0.1) is 0 Å². The lowest BCUT2D eigenvalue weighted by Gasteiger charge is -2.36. The number of alkyl halides is 1. The molecule has 6 rings (SSSR count). The fraction of sp³-hybridized carbons (Fsp3) is 0.426. The number of rotatable bonds is 22. The summed E-state index contributed by atoms with van der Waals surface area (Å²) in [5.41, 5.74) is 7.10. The van der Waals surface area contributed by atoms with Crippen molar-refractivity contribution in [2.24, 2.45) is 11.7 Å². The van der Waals surface area contributed by atoms with Crippen LogP contribution in [0, 0.1) is 5.92 Å². The maximum absolute atomic E-state index is 14.2. The molecule has 4 heterocycles. The Balaban J connectivity index is 1.28. The minimum Gasteiger partial charge on any atom is -0.483 e. The van der Waals surface area contributed by atoms with Crippen LogP contribution in [0.4, 0.5) is 10.5 Å². The number of carbonyl (C=O) groups excluding carboxylic acids is 7. The van der Waals surface area contributed by atoms with Crippen molar-refractivity contribution in [1.29, 1.82) is 0 Å². The normalized spacial score (nSPS) is 15.5. The van der Waals surface area contributed by atoms with E-state index >= 15 is 0 Å². The van der Waals surface area contributed by atoms with Crippen LogP contribution in [0.1, 0.15) is 75.6 Å². The summed E-state index contributed by atoms with van der Waals surface area (Å²) in [5, 5.41) is 17.1. The molecule has 0 fully saturated rings. The van der Waals surface area contributed by atoms with E-state index in [0.717, 1.165) is 16.5 Å². The summed E-state index contributed by atoms with van der Waals surface area (Å²) in [6.07, 6.45) is 0.839. The van der Waals surface area contributed by atoms with E-state index in [4.69, 9.17) is 24.9 Å². The molecule has 0 saturated heterocycles. The van der Waals surface area contributed by atoms with Crippen LogP contribution in [-0.2, 0) is 63.6 Å². The van der Waals surface area contributed by atoms with Gasteiger partial charge in [0.05, 0.1) is 40.9 Å². The van der Waals surface area contributed by atoms with E-state index in [0.29, 0.717) is 42.0 Å². The number of aromatic nitrogens is 2. The number of amides is 7. The first kappa shape index (κ1) is 50.5. The number of nitrogens with two attached hydrogens (primary N) is 1. The number of para-hydroxylation sites is 1. The van der Waals surface area contributed by atoms with Crippen LogP contribution in [0.2, 0.25) is 0 Å². The van der Waals surface area contributed by atoms with E-state index in [1.165, 1.54) is 13.0 Å². The highest BCUT2D eigenvalue weighted by molar-refractivity contribution is 9.09. The van der Waals surface area contributed by atoms with Gasteiger partial charge in [0, 0.05) is 60.4 Å². The summed E-state index contributed by atoms with van der Waals surface area (Å²) in [7, 11) is 0. The molecular formula is C47H56BrN9O11. The first-order chi connectivity index (χ1) is 32.5. The van der Waals surface area contributed by atoms with Crippen LogP contribution < -0.4 is 47.9 Å². The number of cyclic esters (lactones) is 1. The van der Waals surface area contributed by atoms with E-state index in [1.54, 1.807) is 43.5 Å². The molecule has 21 heteroatoms. The van der Waals surface area contributed by atoms with Crippen molar-refractivity contribution in [2.75, 3.05) is 36.9 Å². The lowest BCUT2D eigenvalue weighted by atomic mass is 9.85. The zero-order valence-corrected chi connectivity index (χ0v) is 39.8. The van der Waals surface area contributed by atoms with Crippen molar-refractivity contribution < 1.29 is 47.8 Å². The van der Waals surface area contributed by atoms with E-state index in [2.05, 4.69) is 47.8 Å². The number of pyridine rings is 2. The number of halogens is 1. The van der Waals surface area contributed by atoms with Gasteiger partial charge in [-0.3, -0.25) is 28.8 Å². The summed E-state index contributed by atoms with van der Waals surface area (Å²) in [5.74, 6) is -3.28. The molecule has 2 aliphatic rings. The third kappa shape index (κ3) is 12.0. The fourth-order valence-electron chi connectivity index (χ4n) is 8.06. The second-order valence-corrected chi connectivity index (χ2v) is 17.3. The highest BCUT2D eigenvalue weighted by atomic mass is 79.9. The van der Waals surface area contributed by atoms with Gasteiger partial charge < -0.3 is 56.4 Å². The van der Waals surface area contributed by atoms with E-state index in [9.17, 15) is 38.4 Å². The monoisotopic (exact) mass is 1000 g/mol. The van der Waals surface area contributed by atoms with Crippen molar-refractivity contribution in [1.82, 2.24) is 36.1 Å². The molecule has 0 bridgehead atoms. The molecule has 20 nitrogen and oxygen atoms in total. The van der Waals surface area contributed by atoms with Gasteiger partial charge in [0.1, 0.15) is 24.4 Å². The second-order valence-electron chi connectivity index (χ2n) is 16.8. The first-order valence-corrected chi connectivity index (χ1v) is 23.4. The molecule has 4 aromatic rings. The highest BCUT2D eigenvalue weighted by Crippen LogP contribution is 2.42. The molecule has 0 spiro atoms. The van der Waals surface area contributed by atoms with Crippen molar-refractivity contribution in [2.45, 2.75) is 90.8 Å². The Morgan fingerprint density at radius 1 is 0.926 bits per heavy atom. The van der Waals surface area contributed by atoms with Crippen molar-refractivity contribution in [3.8, 4) is 17.1 Å². The van der Waals surface area contributed by atoms with E-state index in [1.807, 2.05) is 30.3 Å². The largest absolute Gasteiger partial charge is 0.483 e. The molecule has 0 saturated carbocycles. The molecular weight excluding hydrogens is 946 g/mol. The van der Waals surface area contributed by atoms with Crippen LogP contribution in [0.3, 0.4) is 0 Å². The minimum absolute atomic E-state index is 0.0691. The fourth-order valence-corrected chi connectivity index (χ4v) is 8.25. The van der Waals surface area contributed by atoms with Crippen molar-refractivity contribution >= 4 is 74.1 Å². The van der Waals surface area contributed by atoms with E-state index < -0.39 is 59.9 Å². The number of carbonyl (C=O) groups is 7. The molecule has 0 unspecified atom stereocenters. The van der Waals surface area contributed by atoms with Crippen LogP contribution in [0.15, 0.2) is 59.4 Å². The molecule has 68 heavy (non-hydrogen) atoms. The number of hydrogen-bond acceptors (Lipinski definition) is 12. The van der Waals surface area contributed by atoms with Crippen LogP contribution >= 0.6 is 15.9 Å². The summed E-state index contributed by atoms with van der Waals surface area (Å²) in [4.78, 5) is 108. The predicted molar refractivity (Wildman–Crippen MR) is 253 cm³/mol. The van der Waals surface area contributed by atoms with Gasteiger partial charge in [-0.1, -0.05) is 61.0 Å². The molecule has 0 radical (unpaired) electrons. The zero-order chi connectivity index (χ0) is 49.1. The van der Waals surface area contributed by atoms with Gasteiger partial charge in [0.2, 0.25) is 23.6 Å². The summed E-state index contributed by atoms with van der Waals surface area (Å²) in [6, 6.07) is 13.2. The number of hydrogen-bond donors (Lipinski definition) is 7. The smallest absolute Gasteiger partial charge is 0.343 e. The molecule has 7 amide bonds. The zero-order valence-electron chi connectivity index (χ0n) is 38.3. The Hall–Kier alpha value is -6.87. The Morgan fingerprint density at radius 2 is 1.66 bits per heavy atom. The molecule has 2 aromatic carbocycles. The first-order valence-electron chi connectivity index (χ1n) is 22.3. The molecule has 362 valence electrons. The van der Waals surface area contributed by atoms with Gasteiger partial charge in [-0.2, -0.15) is 0 Å². The number of nitrogens with zero attached hydrogens (tertiary/aromatic N) is 2. The SMILES string of the molecule is CC[C@@]1(OCc2ccc(NC(=O)[C@H](CCCNC(N)=O)NC(=O)[C@@H](NC(C)=O)C(C)C)cc2OCC(=O)NCCCNC(=O)CBr)C(=O)OCc2c1cc1n(c2=O)Cc2cc3ccccc3nc2-1. The minimum atomic E-state index is -1.74. The number of primary amides is 1. The average molecular weight is 1000 g/mol. The molecule has 0 aliphatic carbocycles. The maximum Gasteiger partial charge on any atom is 0.343 e. The van der Waals surface area contributed by atoms with Crippen LogP contribution in [0.5, 0.6) is 5.75 Å². The molecule has 2 aliphatic heterocycles. The van der Waals surface area contributed by atoms with Gasteiger partial charge in [0.15, 0.2) is 12.2 Å². The quantitative estimate of drug-likeness (QED) is 0.0300. The number of esters is 1. The number of urea groups is 1. The summed E-state index contributed by atoms with van der Waals surface area (Å²) in [6.45, 7) is 6.47. The van der Waals surface area contributed by atoms with Crippen LogP contribution in [-0.4, -0.2) is 94.7 Å². The molecule has 3 atom stereocenters. The van der Waals surface area contributed by atoms with Gasteiger partial charge in [-0.25, -0.2) is 14.6 Å². The summed E-state index contributed by atoms with van der Waals surface area (Å²) < 4.78 is 19.9. The highest BCUT2D eigenvalue weighted by Gasteiger charge is 2.48. The van der Waals surface area contributed by atoms with Gasteiger partial charge in [0.25, 0.3) is 11.5 Å². The van der Waals surface area contributed by atoms with Crippen LogP contribution in [0.25, 0.3) is 22.3 Å². The predicted octanol–water partition coefficient (Wildman–Crippen LogP) is 2.73. The number of fused-ring (bicyclic) bond motifs is 5. The second kappa shape index (κ2) is 22.8. The Bertz CT molecular complexity index is 2660. The average Bonchev–Trinajstić information content (AvgIpc) is 3.67. The third-order valence-electron chi connectivity index (χ3n) is 11.6. The van der Waals surface area contributed by atoms with Gasteiger partial charge in [-0.05, 0) is 55.9 Å². The molecule has 8 N–H and O–H groups in total. The van der Waals surface area contributed by atoms with E-state index in [-0.39, 0.29) is 85.3 Å². The standard InChI is InChI=1S/C47H56BrN9O11/c1-5-47(33-20-36-41-30(18-28-10-6-7-11-34(28)55-41)22-57(36)44(63)32(33)24-67-45(47)64)68-23-29-13-14-31(19-37(29)66-25-39(60)51-17-9-16-50-38(59)21-48)54-42(61)35(12-8-15-52-46(49)65)56-43(62)40(26(2)3)53-27(4)58/h6-7,10-11,13-14,18-20,26,35,40H,5,8-9,12,15-17,21-25H2,1-4H3,(H,50,59)(H,51,60)(H,53,58)(H,54,61)(H,56,62)(H3,49,52,65)/t35-,40-,47-/m0/s1. The third-order valence-corrected chi connectivity index (χ3v) is 12.1. The number of anilines is 1. The van der Waals surface area contributed by atoms with Gasteiger partial charge >= 0.3 is 12.0 Å².